The number of amides is 1. The zero-order valence-electron chi connectivity index (χ0n) is 15.5. The smallest absolute Gasteiger partial charge is 0.331 e. The zero-order valence-corrected chi connectivity index (χ0v) is 17.0. The number of esters is 1. The molecule has 1 aliphatic heterocycles. The van der Waals surface area contributed by atoms with E-state index in [9.17, 15) is 9.59 Å². The first-order valence-electron chi connectivity index (χ1n) is 8.96. The molecule has 8 heteroatoms. The van der Waals surface area contributed by atoms with Crippen molar-refractivity contribution in [3.8, 4) is 11.5 Å². The quantitative estimate of drug-likeness (QED) is 0.547. The van der Waals surface area contributed by atoms with Crippen molar-refractivity contribution < 1.29 is 23.8 Å². The Bertz CT molecular complexity index is 912. The highest BCUT2D eigenvalue weighted by atomic mass is 35.5. The number of carbonyl (C=O) groups is 2. The van der Waals surface area contributed by atoms with E-state index in [1.165, 1.54) is 12.2 Å². The van der Waals surface area contributed by atoms with Crippen molar-refractivity contribution in [3.63, 3.8) is 0 Å². The first-order valence-corrected chi connectivity index (χ1v) is 9.72. The molecule has 0 unspecified atom stereocenters. The van der Waals surface area contributed by atoms with Gasteiger partial charge in [0.15, 0.2) is 18.1 Å². The molecule has 3 rings (SSSR count). The topological polar surface area (TPSA) is 73.9 Å². The van der Waals surface area contributed by atoms with Gasteiger partial charge in [-0.1, -0.05) is 35.3 Å². The molecule has 29 heavy (non-hydrogen) atoms. The molecule has 152 valence electrons. The highest BCUT2D eigenvalue weighted by Crippen LogP contribution is 2.38. The van der Waals surface area contributed by atoms with Crippen LogP contribution < -0.4 is 14.8 Å². The van der Waals surface area contributed by atoms with Gasteiger partial charge in [-0.25, -0.2) is 4.79 Å². The Labute approximate surface area is 178 Å². The van der Waals surface area contributed by atoms with Crippen LogP contribution in [0.2, 0.25) is 10.0 Å². The van der Waals surface area contributed by atoms with Gasteiger partial charge < -0.3 is 19.5 Å². The highest BCUT2D eigenvalue weighted by Gasteiger charge is 2.15. The van der Waals surface area contributed by atoms with E-state index in [1.807, 2.05) is 0 Å². The third-order valence-electron chi connectivity index (χ3n) is 3.98. The average Bonchev–Trinajstić information content (AvgIpc) is 2.96. The lowest BCUT2D eigenvalue weighted by Gasteiger charge is -2.10. The number of hydrogen-bond donors (Lipinski definition) is 1. The summed E-state index contributed by atoms with van der Waals surface area (Å²) in [5.74, 6) is -0.0129. The molecule has 0 aromatic heterocycles. The molecule has 0 bridgehead atoms. The van der Waals surface area contributed by atoms with Crippen molar-refractivity contribution in [2.45, 2.75) is 13.0 Å². The van der Waals surface area contributed by atoms with Crippen molar-refractivity contribution >= 4 is 41.2 Å². The molecule has 0 aliphatic carbocycles. The molecule has 0 saturated carbocycles. The lowest BCUT2D eigenvalue weighted by Crippen LogP contribution is -2.28. The van der Waals surface area contributed by atoms with E-state index in [2.05, 4.69) is 5.32 Å². The number of halogens is 2. The van der Waals surface area contributed by atoms with Crippen LogP contribution in [0.4, 0.5) is 0 Å². The van der Waals surface area contributed by atoms with Gasteiger partial charge in [0.05, 0.1) is 18.2 Å². The minimum Gasteiger partial charge on any atom is -0.489 e. The standard InChI is InChI=1S/C21H19Cl2NO5/c22-16-5-2-14(3-6-16)12-24-19(25)13-29-20(26)7-4-15-10-17(23)21-18(11-15)27-8-1-9-28-21/h2-7,10-11H,1,8-9,12-13H2,(H,24,25)/b7-4+. The van der Waals surface area contributed by atoms with E-state index >= 15 is 0 Å². The molecule has 1 aliphatic rings. The normalized spacial score (nSPS) is 13.0. The summed E-state index contributed by atoms with van der Waals surface area (Å²) in [6, 6.07) is 10.5. The van der Waals surface area contributed by atoms with E-state index < -0.39 is 11.9 Å². The second kappa shape index (κ2) is 10.2. The van der Waals surface area contributed by atoms with Crippen LogP contribution in [0.25, 0.3) is 6.08 Å². The number of rotatable bonds is 6. The van der Waals surface area contributed by atoms with E-state index in [1.54, 1.807) is 36.4 Å². The van der Waals surface area contributed by atoms with Gasteiger partial charge in [-0.2, -0.15) is 0 Å². The van der Waals surface area contributed by atoms with Crippen LogP contribution in [-0.2, 0) is 20.9 Å². The molecule has 6 nitrogen and oxygen atoms in total. The Kier molecular flexibility index (Phi) is 7.38. The molecule has 1 N–H and O–H groups in total. The molecule has 1 amide bonds. The number of nitrogens with one attached hydrogen (secondary N) is 1. The van der Waals surface area contributed by atoms with Gasteiger partial charge >= 0.3 is 5.97 Å². The fourth-order valence-electron chi connectivity index (χ4n) is 2.55. The number of hydrogen-bond acceptors (Lipinski definition) is 5. The summed E-state index contributed by atoms with van der Waals surface area (Å²) in [6.45, 7) is 1.01. The van der Waals surface area contributed by atoms with Crippen LogP contribution in [0.1, 0.15) is 17.5 Å². The predicted molar refractivity (Wildman–Crippen MR) is 110 cm³/mol. The summed E-state index contributed by atoms with van der Waals surface area (Å²) in [4.78, 5) is 23.7. The van der Waals surface area contributed by atoms with E-state index in [0.717, 1.165) is 12.0 Å². The molecular formula is C21H19Cl2NO5. The SMILES string of the molecule is O=C(COC(=O)/C=C/c1cc(Cl)c2c(c1)OCCCO2)NCc1ccc(Cl)cc1. The fourth-order valence-corrected chi connectivity index (χ4v) is 2.95. The van der Waals surface area contributed by atoms with E-state index in [4.69, 9.17) is 37.4 Å². The van der Waals surface area contributed by atoms with Crippen LogP contribution >= 0.6 is 23.2 Å². The lowest BCUT2D eigenvalue weighted by atomic mass is 10.2. The predicted octanol–water partition coefficient (Wildman–Crippen LogP) is 4.03. The van der Waals surface area contributed by atoms with Gasteiger partial charge in [-0.3, -0.25) is 4.79 Å². The summed E-state index contributed by atoms with van der Waals surface area (Å²) in [5, 5.41) is 3.69. The summed E-state index contributed by atoms with van der Waals surface area (Å²) >= 11 is 12.0. The Morgan fingerprint density at radius 1 is 1.10 bits per heavy atom. The number of ether oxygens (including phenoxy) is 3. The highest BCUT2D eigenvalue weighted by molar-refractivity contribution is 6.32. The summed E-state index contributed by atoms with van der Waals surface area (Å²) in [7, 11) is 0. The van der Waals surface area contributed by atoms with E-state index in [-0.39, 0.29) is 6.61 Å². The minimum absolute atomic E-state index is 0.319. The third kappa shape index (κ3) is 6.41. The molecule has 1 heterocycles. The van der Waals surface area contributed by atoms with Crippen molar-refractivity contribution in [1.29, 1.82) is 0 Å². The maximum absolute atomic E-state index is 11.9. The Hall–Kier alpha value is -2.70. The lowest BCUT2D eigenvalue weighted by molar-refractivity contribution is -0.143. The molecule has 0 radical (unpaired) electrons. The van der Waals surface area contributed by atoms with Crippen LogP contribution in [0.3, 0.4) is 0 Å². The second-order valence-electron chi connectivity index (χ2n) is 6.22. The minimum atomic E-state index is -0.644. The number of benzene rings is 2. The molecule has 0 fully saturated rings. The van der Waals surface area contributed by atoms with Gasteiger partial charge in [0, 0.05) is 24.1 Å². The molecule has 0 saturated heterocycles. The number of fused-ring (bicyclic) bond motifs is 1. The maximum Gasteiger partial charge on any atom is 0.331 e. The van der Waals surface area contributed by atoms with Crippen LogP contribution in [0.5, 0.6) is 11.5 Å². The Morgan fingerprint density at radius 2 is 1.86 bits per heavy atom. The Morgan fingerprint density at radius 3 is 2.66 bits per heavy atom. The monoisotopic (exact) mass is 435 g/mol. The Balaban J connectivity index is 1.48. The molecule has 0 spiro atoms. The van der Waals surface area contributed by atoms with Gasteiger partial charge in [0.1, 0.15) is 0 Å². The average molecular weight is 436 g/mol. The van der Waals surface area contributed by atoms with Crippen molar-refractivity contribution in [3.05, 3.63) is 63.6 Å². The van der Waals surface area contributed by atoms with Gasteiger partial charge in [-0.15, -0.1) is 0 Å². The zero-order chi connectivity index (χ0) is 20.6. The van der Waals surface area contributed by atoms with Crippen LogP contribution in [0, 0.1) is 0 Å². The van der Waals surface area contributed by atoms with Gasteiger partial charge in [0.2, 0.25) is 0 Å². The van der Waals surface area contributed by atoms with Crippen LogP contribution in [-0.4, -0.2) is 31.7 Å². The summed E-state index contributed by atoms with van der Waals surface area (Å²) < 4.78 is 16.1. The second-order valence-corrected chi connectivity index (χ2v) is 7.07. The molecule has 0 atom stereocenters. The molecular weight excluding hydrogens is 417 g/mol. The maximum atomic E-state index is 11.9. The van der Waals surface area contributed by atoms with Crippen molar-refractivity contribution in [2.75, 3.05) is 19.8 Å². The third-order valence-corrected chi connectivity index (χ3v) is 4.52. The summed E-state index contributed by atoms with van der Waals surface area (Å²) in [5.41, 5.74) is 1.55. The van der Waals surface area contributed by atoms with Crippen LogP contribution in [0.15, 0.2) is 42.5 Å². The molecule has 2 aromatic carbocycles. The first kappa shape index (κ1) is 21.0. The number of carbonyl (C=O) groups excluding carboxylic acids is 2. The van der Waals surface area contributed by atoms with Gasteiger partial charge in [-0.05, 0) is 41.5 Å². The fraction of sp³-hybridized carbons (Fsp3) is 0.238. The van der Waals surface area contributed by atoms with Gasteiger partial charge in [0.25, 0.3) is 5.91 Å². The van der Waals surface area contributed by atoms with Crippen molar-refractivity contribution in [1.82, 2.24) is 5.32 Å². The largest absolute Gasteiger partial charge is 0.489 e. The first-order chi connectivity index (χ1) is 14.0. The van der Waals surface area contributed by atoms with E-state index in [0.29, 0.717) is 46.9 Å². The molecule has 2 aromatic rings. The van der Waals surface area contributed by atoms with Crippen molar-refractivity contribution in [2.24, 2.45) is 0 Å². The summed E-state index contributed by atoms with van der Waals surface area (Å²) in [6.07, 6.45) is 3.53.